The number of rotatable bonds is 2. The number of aromatic nitrogens is 2. The van der Waals surface area contributed by atoms with Crippen LogP contribution in [0.25, 0.3) is 0 Å². The number of carboxylic acid groups (broad SMARTS) is 1. The van der Waals surface area contributed by atoms with Crippen LogP contribution >= 0.6 is 0 Å². The lowest BCUT2D eigenvalue weighted by Gasteiger charge is -2.10. The molecule has 0 unspecified atom stereocenters. The van der Waals surface area contributed by atoms with Crippen molar-refractivity contribution in [2.75, 3.05) is 4.90 Å². The summed E-state index contributed by atoms with van der Waals surface area (Å²) in [6, 6.07) is 1.54. The van der Waals surface area contributed by atoms with Crippen molar-refractivity contribution >= 4 is 17.7 Å². The second-order valence-corrected chi connectivity index (χ2v) is 2.97. The Kier molecular flexibility index (Phi) is 2.17. The molecule has 1 aromatic heterocycles. The molecule has 0 saturated heterocycles. The van der Waals surface area contributed by atoms with Crippen molar-refractivity contribution in [3.63, 3.8) is 0 Å². The normalized spacial score (nSPS) is 15.3. The number of carbonyl (C=O) groups is 2. The Morgan fingerprint density at radius 3 is 2.87 bits per heavy atom. The van der Waals surface area contributed by atoms with Crippen molar-refractivity contribution in [2.24, 2.45) is 0 Å². The smallest absolute Gasteiger partial charge is 0.333 e. The van der Waals surface area contributed by atoms with E-state index in [1.165, 1.54) is 23.6 Å². The Labute approximate surface area is 84.9 Å². The lowest BCUT2D eigenvalue weighted by atomic mass is 10.2. The average Bonchev–Trinajstić information content (AvgIpc) is 2.62. The maximum absolute atomic E-state index is 11.4. The number of carboxylic acids is 1. The van der Waals surface area contributed by atoms with Crippen molar-refractivity contribution in [3.8, 4) is 0 Å². The predicted molar refractivity (Wildman–Crippen MR) is 49.9 cm³/mol. The molecular weight excluding hydrogens is 198 g/mol. The summed E-state index contributed by atoms with van der Waals surface area (Å²) >= 11 is 0. The van der Waals surface area contributed by atoms with Gasteiger partial charge in [0.25, 0.3) is 0 Å². The molecule has 1 amide bonds. The minimum Gasteiger partial charge on any atom is -0.478 e. The maximum Gasteiger partial charge on any atom is 0.333 e. The van der Waals surface area contributed by atoms with Crippen LogP contribution in [0.1, 0.15) is 6.42 Å². The first-order valence-corrected chi connectivity index (χ1v) is 4.20. The molecule has 0 atom stereocenters. The molecule has 0 bridgehead atoms. The zero-order valence-corrected chi connectivity index (χ0v) is 7.62. The molecule has 0 aliphatic carbocycles. The highest BCUT2D eigenvalue weighted by molar-refractivity contribution is 6.06. The lowest BCUT2D eigenvalue weighted by molar-refractivity contribution is -0.133. The van der Waals surface area contributed by atoms with Gasteiger partial charge in [0, 0.05) is 12.4 Å². The molecule has 2 rings (SSSR count). The molecule has 76 valence electrons. The highest BCUT2D eigenvalue weighted by Crippen LogP contribution is 2.21. The number of amides is 1. The lowest BCUT2D eigenvalue weighted by Crippen LogP contribution is -2.20. The van der Waals surface area contributed by atoms with E-state index in [1.807, 2.05) is 0 Å². The monoisotopic (exact) mass is 205 g/mol. The van der Waals surface area contributed by atoms with Gasteiger partial charge in [-0.1, -0.05) is 0 Å². The summed E-state index contributed by atoms with van der Waals surface area (Å²) in [7, 11) is 0. The fourth-order valence-corrected chi connectivity index (χ4v) is 1.27. The quantitative estimate of drug-likeness (QED) is 0.744. The molecular formula is C9H7N3O3. The van der Waals surface area contributed by atoms with Gasteiger partial charge in [-0.2, -0.15) is 0 Å². The molecule has 2 heterocycles. The molecule has 0 radical (unpaired) electrons. The van der Waals surface area contributed by atoms with Gasteiger partial charge in [0.15, 0.2) is 0 Å². The molecule has 15 heavy (non-hydrogen) atoms. The second-order valence-electron chi connectivity index (χ2n) is 2.97. The van der Waals surface area contributed by atoms with Crippen LogP contribution in [0.4, 0.5) is 5.82 Å². The fourth-order valence-electron chi connectivity index (χ4n) is 1.27. The maximum atomic E-state index is 11.4. The van der Waals surface area contributed by atoms with Gasteiger partial charge in [0.2, 0.25) is 5.91 Å². The van der Waals surface area contributed by atoms with E-state index in [0.29, 0.717) is 5.82 Å². The van der Waals surface area contributed by atoms with Gasteiger partial charge in [-0.25, -0.2) is 14.8 Å². The third-order valence-electron chi connectivity index (χ3n) is 1.98. The second kappa shape index (κ2) is 3.49. The number of nitrogens with zero attached hydrogens (tertiary/aromatic N) is 3. The highest BCUT2D eigenvalue weighted by Gasteiger charge is 2.27. The van der Waals surface area contributed by atoms with E-state index in [9.17, 15) is 9.59 Å². The van der Waals surface area contributed by atoms with Crippen LogP contribution in [0, 0.1) is 0 Å². The standard InChI is InChI=1S/C9H7N3O3/c13-8-3-6(9(14)15)4-12(8)7-1-2-10-5-11-7/h1-2,4-5H,3H2,(H,14,15). The molecule has 1 aliphatic heterocycles. The van der Waals surface area contributed by atoms with Gasteiger partial charge < -0.3 is 5.11 Å². The number of hydrogen-bond donors (Lipinski definition) is 1. The molecule has 1 aliphatic rings. The molecule has 0 spiro atoms. The zero-order valence-electron chi connectivity index (χ0n) is 7.62. The molecule has 0 saturated carbocycles. The van der Waals surface area contributed by atoms with Crippen molar-refractivity contribution in [2.45, 2.75) is 6.42 Å². The third-order valence-corrected chi connectivity index (χ3v) is 1.98. The summed E-state index contributed by atoms with van der Waals surface area (Å²) in [6.45, 7) is 0. The Bertz CT molecular complexity index is 441. The molecule has 6 nitrogen and oxygen atoms in total. The van der Waals surface area contributed by atoms with Gasteiger partial charge in [0.05, 0.1) is 12.0 Å². The van der Waals surface area contributed by atoms with Crippen molar-refractivity contribution in [1.82, 2.24) is 9.97 Å². The van der Waals surface area contributed by atoms with Crippen LogP contribution in [0.5, 0.6) is 0 Å². The summed E-state index contributed by atoms with van der Waals surface area (Å²) in [5, 5.41) is 8.72. The third kappa shape index (κ3) is 1.69. The first-order valence-electron chi connectivity index (χ1n) is 4.20. The first kappa shape index (κ1) is 9.32. The summed E-state index contributed by atoms with van der Waals surface area (Å²) in [6.07, 6.45) is 3.98. The number of anilines is 1. The number of aliphatic carboxylic acids is 1. The van der Waals surface area contributed by atoms with Gasteiger partial charge in [-0.15, -0.1) is 0 Å². The van der Waals surface area contributed by atoms with Crippen LogP contribution in [-0.4, -0.2) is 27.0 Å². The number of carbonyl (C=O) groups excluding carboxylic acids is 1. The first-order chi connectivity index (χ1) is 7.18. The SMILES string of the molecule is O=C(O)C1=CN(c2ccncn2)C(=O)C1. The molecule has 6 heteroatoms. The fraction of sp³-hybridized carbons (Fsp3) is 0.111. The van der Waals surface area contributed by atoms with Gasteiger partial charge in [-0.05, 0) is 6.07 Å². The Morgan fingerprint density at radius 1 is 1.53 bits per heavy atom. The molecule has 0 fully saturated rings. The Morgan fingerprint density at radius 2 is 2.33 bits per heavy atom. The number of hydrogen-bond acceptors (Lipinski definition) is 4. The van der Waals surface area contributed by atoms with Gasteiger partial charge >= 0.3 is 5.97 Å². The van der Waals surface area contributed by atoms with Gasteiger partial charge in [-0.3, -0.25) is 9.69 Å². The summed E-state index contributed by atoms with van der Waals surface area (Å²) in [5.41, 5.74) is 0.0682. The topological polar surface area (TPSA) is 83.4 Å². The summed E-state index contributed by atoms with van der Waals surface area (Å²) in [5.74, 6) is -1.00. The summed E-state index contributed by atoms with van der Waals surface area (Å²) < 4.78 is 0. The van der Waals surface area contributed by atoms with Crippen molar-refractivity contribution in [3.05, 3.63) is 30.4 Å². The minimum absolute atomic E-state index is 0.0682. The van der Waals surface area contributed by atoms with E-state index in [4.69, 9.17) is 5.11 Å². The van der Waals surface area contributed by atoms with E-state index in [1.54, 1.807) is 6.07 Å². The molecule has 1 aromatic rings. The highest BCUT2D eigenvalue weighted by atomic mass is 16.4. The average molecular weight is 205 g/mol. The van der Waals surface area contributed by atoms with Crippen LogP contribution in [-0.2, 0) is 9.59 Å². The van der Waals surface area contributed by atoms with Crippen LogP contribution in [0.15, 0.2) is 30.4 Å². The van der Waals surface area contributed by atoms with Crippen LogP contribution < -0.4 is 4.90 Å². The molecule has 0 aromatic carbocycles. The van der Waals surface area contributed by atoms with Crippen LogP contribution in [0.3, 0.4) is 0 Å². The van der Waals surface area contributed by atoms with Crippen LogP contribution in [0.2, 0.25) is 0 Å². The Hall–Kier alpha value is -2.24. The van der Waals surface area contributed by atoms with E-state index >= 15 is 0 Å². The van der Waals surface area contributed by atoms with Gasteiger partial charge in [0.1, 0.15) is 12.1 Å². The van der Waals surface area contributed by atoms with Crippen molar-refractivity contribution in [1.29, 1.82) is 0 Å². The predicted octanol–water partition coefficient (Wildman–Crippen LogP) is 0.182. The van der Waals surface area contributed by atoms with E-state index in [0.717, 1.165) is 0 Å². The van der Waals surface area contributed by atoms with Crippen molar-refractivity contribution < 1.29 is 14.7 Å². The minimum atomic E-state index is -1.08. The largest absolute Gasteiger partial charge is 0.478 e. The summed E-state index contributed by atoms with van der Waals surface area (Å²) in [4.78, 5) is 30.9. The molecule has 1 N–H and O–H groups in total. The van der Waals surface area contributed by atoms with E-state index in [2.05, 4.69) is 9.97 Å². The Balaban J connectivity index is 2.32. The zero-order chi connectivity index (χ0) is 10.8. The van der Waals surface area contributed by atoms with E-state index in [-0.39, 0.29) is 17.9 Å². The van der Waals surface area contributed by atoms with E-state index < -0.39 is 5.97 Å².